The molecule has 106 valence electrons. The normalized spacial score (nSPS) is 17.8. The Labute approximate surface area is 123 Å². The van der Waals surface area contributed by atoms with Crippen molar-refractivity contribution in [1.29, 1.82) is 0 Å². The second kappa shape index (κ2) is 7.98. The molecule has 0 spiro atoms. The first-order chi connectivity index (χ1) is 9.29. The van der Waals surface area contributed by atoms with Crippen molar-refractivity contribution < 1.29 is 4.39 Å². The molecule has 0 unspecified atom stereocenters. The molecule has 1 aliphatic rings. The maximum Gasteiger partial charge on any atom is 0.127 e. The van der Waals surface area contributed by atoms with E-state index in [-0.39, 0.29) is 5.82 Å². The molecule has 1 aromatic rings. The average molecular weight is 329 g/mol. The van der Waals surface area contributed by atoms with Crippen molar-refractivity contribution in [3.05, 3.63) is 35.6 Å². The number of hydrogen-bond donors (Lipinski definition) is 0. The van der Waals surface area contributed by atoms with E-state index < -0.39 is 0 Å². The summed E-state index contributed by atoms with van der Waals surface area (Å²) < 4.78 is 13.6. The first-order valence-corrected chi connectivity index (χ1v) is 8.16. The third-order valence-electron chi connectivity index (χ3n) is 3.67. The highest BCUT2D eigenvalue weighted by Crippen LogP contribution is 2.12. The van der Waals surface area contributed by atoms with Gasteiger partial charge in [0, 0.05) is 43.6 Å². The van der Waals surface area contributed by atoms with Crippen LogP contribution in [0, 0.1) is 5.82 Å². The Bertz CT molecular complexity index is 378. The van der Waals surface area contributed by atoms with Crippen LogP contribution in [0.4, 0.5) is 4.39 Å². The highest BCUT2D eigenvalue weighted by molar-refractivity contribution is 9.09. The van der Waals surface area contributed by atoms with Gasteiger partial charge in [0.1, 0.15) is 5.82 Å². The third kappa shape index (κ3) is 4.86. The number of piperazine rings is 1. The summed E-state index contributed by atoms with van der Waals surface area (Å²) in [7, 11) is 0. The monoisotopic (exact) mass is 328 g/mol. The third-order valence-corrected chi connectivity index (χ3v) is 4.24. The van der Waals surface area contributed by atoms with Crippen LogP contribution in [-0.4, -0.2) is 47.9 Å². The van der Waals surface area contributed by atoms with Crippen molar-refractivity contribution in [3.8, 4) is 0 Å². The van der Waals surface area contributed by atoms with E-state index in [1.807, 2.05) is 12.1 Å². The maximum absolute atomic E-state index is 13.6. The van der Waals surface area contributed by atoms with Crippen molar-refractivity contribution in [2.24, 2.45) is 0 Å². The molecule has 2 rings (SSSR count). The molecule has 0 radical (unpaired) electrons. The highest BCUT2D eigenvalue weighted by atomic mass is 79.9. The molecule has 0 aliphatic carbocycles. The van der Waals surface area contributed by atoms with Crippen LogP contribution in [0.1, 0.15) is 18.4 Å². The zero-order chi connectivity index (χ0) is 13.5. The Morgan fingerprint density at radius 3 is 2.37 bits per heavy atom. The molecule has 0 N–H and O–H groups in total. The van der Waals surface area contributed by atoms with Crippen LogP contribution in [0.15, 0.2) is 24.3 Å². The van der Waals surface area contributed by atoms with Crippen LogP contribution in [0.5, 0.6) is 0 Å². The average Bonchev–Trinajstić information content (AvgIpc) is 2.44. The van der Waals surface area contributed by atoms with Crippen LogP contribution >= 0.6 is 15.9 Å². The van der Waals surface area contributed by atoms with Crippen molar-refractivity contribution in [2.45, 2.75) is 19.4 Å². The number of alkyl halides is 1. The van der Waals surface area contributed by atoms with Gasteiger partial charge in [0.05, 0.1) is 0 Å². The molecule has 1 aliphatic heterocycles. The Hall–Kier alpha value is -0.450. The molecular formula is C15H22BrFN2. The van der Waals surface area contributed by atoms with Crippen molar-refractivity contribution >= 4 is 15.9 Å². The minimum atomic E-state index is -0.0812. The largest absolute Gasteiger partial charge is 0.301 e. The Morgan fingerprint density at radius 1 is 1.00 bits per heavy atom. The lowest BCUT2D eigenvalue weighted by Gasteiger charge is -2.34. The van der Waals surface area contributed by atoms with Gasteiger partial charge in [-0.05, 0) is 25.5 Å². The second-order valence-electron chi connectivity index (χ2n) is 5.11. The Morgan fingerprint density at radius 2 is 1.68 bits per heavy atom. The molecule has 0 atom stereocenters. The van der Waals surface area contributed by atoms with E-state index in [0.29, 0.717) is 0 Å². The first-order valence-electron chi connectivity index (χ1n) is 7.03. The summed E-state index contributed by atoms with van der Waals surface area (Å²) in [5.41, 5.74) is 0.815. The van der Waals surface area contributed by atoms with Crippen molar-refractivity contribution in [3.63, 3.8) is 0 Å². The van der Waals surface area contributed by atoms with E-state index in [9.17, 15) is 4.39 Å². The van der Waals surface area contributed by atoms with Gasteiger partial charge in [-0.15, -0.1) is 0 Å². The van der Waals surface area contributed by atoms with Crippen LogP contribution in [0.2, 0.25) is 0 Å². The standard InChI is InChI=1S/C15H22BrFN2/c16-7-3-4-8-18-9-11-19(12-10-18)13-14-5-1-2-6-15(14)17/h1-2,5-6H,3-4,7-13H2. The molecule has 1 aromatic carbocycles. The van der Waals surface area contributed by atoms with E-state index in [0.717, 1.165) is 43.6 Å². The fourth-order valence-corrected chi connectivity index (χ4v) is 2.86. The van der Waals surface area contributed by atoms with Crippen molar-refractivity contribution in [2.75, 3.05) is 38.1 Å². The number of rotatable bonds is 6. The van der Waals surface area contributed by atoms with Gasteiger partial charge in [-0.3, -0.25) is 4.90 Å². The van der Waals surface area contributed by atoms with Crippen LogP contribution in [0.3, 0.4) is 0 Å². The number of hydrogen-bond acceptors (Lipinski definition) is 2. The maximum atomic E-state index is 13.6. The molecule has 0 aromatic heterocycles. The molecule has 2 nitrogen and oxygen atoms in total. The number of unbranched alkanes of at least 4 members (excludes halogenated alkanes) is 1. The quantitative estimate of drug-likeness (QED) is 0.584. The van der Waals surface area contributed by atoms with E-state index >= 15 is 0 Å². The zero-order valence-corrected chi connectivity index (χ0v) is 12.9. The first kappa shape index (κ1) is 14.9. The second-order valence-corrected chi connectivity index (χ2v) is 5.90. The molecule has 19 heavy (non-hydrogen) atoms. The van der Waals surface area contributed by atoms with Gasteiger partial charge in [0.15, 0.2) is 0 Å². The molecular weight excluding hydrogens is 307 g/mol. The van der Waals surface area contributed by atoms with Gasteiger partial charge in [0.25, 0.3) is 0 Å². The fraction of sp³-hybridized carbons (Fsp3) is 0.600. The molecule has 0 amide bonds. The van der Waals surface area contributed by atoms with E-state index in [4.69, 9.17) is 0 Å². The summed E-state index contributed by atoms with van der Waals surface area (Å²) in [6, 6.07) is 7.10. The number of benzene rings is 1. The fourth-order valence-electron chi connectivity index (χ4n) is 2.47. The number of halogens is 2. The van der Waals surface area contributed by atoms with Gasteiger partial charge in [-0.25, -0.2) is 4.39 Å². The molecule has 0 bridgehead atoms. The summed E-state index contributed by atoms with van der Waals surface area (Å²) in [6.07, 6.45) is 2.51. The van der Waals surface area contributed by atoms with E-state index in [1.165, 1.54) is 19.4 Å². The topological polar surface area (TPSA) is 6.48 Å². The lowest BCUT2D eigenvalue weighted by atomic mass is 10.2. The Balaban J connectivity index is 1.73. The minimum Gasteiger partial charge on any atom is -0.301 e. The SMILES string of the molecule is Fc1ccccc1CN1CCN(CCCCBr)CC1. The Kier molecular flexibility index (Phi) is 6.28. The van der Waals surface area contributed by atoms with Crippen LogP contribution in [-0.2, 0) is 6.54 Å². The van der Waals surface area contributed by atoms with Gasteiger partial charge in [-0.2, -0.15) is 0 Å². The zero-order valence-electron chi connectivity index (χ0n) is 11.3. The lowest BCUT2D eigenvalue weighted by Crippen LogP contribution is -2.46. The summed E-state index contributed by atoms with van der Waals surface area (Å²) in [5.74, 6) is -0.0812. The molecule has 0 saturated carbocycles. The summed E-state index contributed by atoms with van der Waals surface area (Å²) in [6.45, 7) is 6.24. The predicted molar refractivity (Wildman–Crippen MR) is 81.1 cm³/mol. The summed E-state index contributed by atoms with van der Waals surface area (Å²) in [5, 5.41) is 1.10. The molecule has 1 saturated heterocycles. The van der Waals surface area contributed by atoms with E-state index in [1.54, 1.807) is 12.1 Å². The van der Waals surface area contributed by atoms with Gasteiger partial charge >= 0.3 is 0 Å². The summed E-state index contributed by atoms with van der Waals surface area (Å²) in [4.78, 5) is 4.86. The predicted octanol–water partition coefficient (Wildman–Crippen LogP) is 3.12. The lowest BCUT2D eigenvalue weighted by molar-refractivity contribution is 0.125. The van der Waals surface area contributed by atoms with Gasteiger partial charge < -0.3 is 4.90 Å². The molecule has 1 fully saturated rings. The smallest absolute Gasteiger partial charge is 0.127 e. The van der Waals surface area contributed by atoms with Crippen LogP contribution in [0.25, 0.3) is 0 Å². The minimum absolute atomic E-state index is 0.0812. The summed E-state index contributed by atoms with van der Waals surface area (Å²) >= 11 is 3.47. The van der Waals surface area contributed by atoms with Crippen molar-refractivity contribution in [1.82, 2.24) is 9.80 Å². The van der Waals surface area contributed by atoms with Gasteiger partial charge in [-0.1, -0.05) is 34.1 Å². The number of nitrogens with zero attached hydrogens (tertiary/aromatic N) is 2. The molecule has 1 heterocycles. The highest BCUT2D eigenvalue weighted by Gasteiger charge is 2.17. The van der Waals surface area contributed by atoms with Gasteiger partial charge in [0.2, 0.25) is 0 Å². The van der Waals surface area contributed by atoms with E-state index in [2.05, 4.69) is 25.7 Å². The van der Waals surface area contributed by atoms with Crippen LogP contribution < -0.4 is 0 Å². The molecule has 4 heteroatoms.